The van der Waals surface area contributed by atoms with Gasteiger partial charge in [-0.25, -0.2) is 0 Å². The average Bonchev–Trinajstić information content (AvgIpc) is 3.35. The van der Waals surface area contributed by atoms with Crippen molar-refractivity contribution in [1.82, 2.24) is 4.90 Å². The molecule has 2 N–H and O–H groups in total. The van der Waals surface area contributed by atoms with Crippen LogP contribution in [0.4, 0.5) is 5.69 Å². The Balaban J connectivity index is 1.32. The molecule has 3 aromatic carbocycles. The maximum absolute atomic E-state index is 14.3. The van der Waals surface area contributed by atoms with Gasteiger partial charge in [0.15, 0.2) is 5.78 Å². The van der Waals surface area contributed by atoms with Crippen molar-refractivity contribution >= 4 is 11.5 Å². The first-order valence-corrected chi connectivity index (χ1v) is 17.6. The molecular weight excluding hydrogens is 600 g/mol. The molecule has 7 nitrogen and oxygen atoms in total. The van der Waals surface area contributed by atoms with E-state index in [0.717, 1.165) is 74.4 Å². The highest BCUT2D eigenvalue weighted by Gasteiger charge is 2.57. The molecular formula is C41H52N2O5. The standard InChI is InChI=1S/C41H52N2O5/c1-29-8-7-20-40(2)36(19-21-41(40,46)28-42-22-24-43(25-23-42)37-9-5-6-10-38(37)48-4)34-18-12-30(26-32(44)15-11-29)27-35(34)39(45)31-13-16-33(47-3)17-14-31/h5-6,8-10,12-14,16-18,27,32,36,44,46H,7,11,15,19-26,28H2,1-4H3/t32-,36-,40-,41+/m0/s1. The number of aliphatic hydroxyl groups excluding tert-OH is 1. The molecule has 0 spiro atoms. The van der Waals surface area contributed by atoms with Gasteiger partial charge in [-0.15, -0.1) is 0 Å². The average molecular weight is 653 g/mol. The fraction of sp³-hybridized carbons (Fsp3) is 0.488. The van der Waals surface area contributed by atoms with Gasteiger partial charge in [0.05, 0.1) is 31.6 Å². The summed E-state index contributed by atoms with van der Waals surface area (Å²) in [5.74, 6) is 1.57. The number of fused-ring (bicyclic) bond motifs is 8. The molecule has 0 amide bonds. The second-order valence-electron chi connectivity index (χ2n) is 14.4. The third kappa shape index (κ3) is 6.91. The van der Waals surface area contributed by atoms with Crippen LogP contribution in [0.2, 0.25) is 0 Å². The summed E-state index contributed by atoms with van der Waals surface area (Å²) in [5, 5.41) is 23.7. The predicted octanol–water partition coefficient (Wildman–Crippen LogP) is 6.80. The minimum atomic E-state index is -0.918. The highest BCUT2D eigenvalue weighted by molar-refractivity contribution is 6.10. The second-order valence-corrected chi connectivity index (χ2v) is 14.4. The zero-order valence-corrected chi connectivity index (χ0v) is 29.1. The van der Waals surface area contributed by atoms with E-state index in [4.69, 9.17) is 9.47 Å². The smallest absolute Gasteiger partial charge is 0.193 e. The van der Waals surface area contributed by atoms with Gasteiger partial charge < -0.3 is 24.6 Å². The van der Waals surface area contributed by atoms with Crippen molar-refractivity contribution in [2.24, 2.45) is 5.41 Å². The molecule has 0 unspecified atom stereocenters. The van der Waals surface area contributed by atoms with Gasteiger partial charge >= 0.3 is 0 Å². The van der Waals surface area contributed by atoms with E-state index in [0.29, 0.717) is 42.7 Å². The van der Waals surface area contributed by atoms with Gasteiger partial charge in [-0.1, -0.05) is 42.8 Å². The fourth-order valence-corrected chi connectivity index (χ4v) is 8.50. The van der Waals surface area contributed by atoms with Crippen LogP contribution in [-0.2, 0) is 6.42 Å². The van der Waals surface area contributed by atoms with E-state index in [1.54, 1.807) is 14.2 Å². The summed E-state index contributed by atoms with van der Waals surface area (Å²) in [6.45, 7) is 8.48. The third-order valence-electron chi connectivity index (χ3n) is 11.6. The number of β-amino-alcohol motifs (C(OH)–C–C–N with tert-alkyl or cyclic N) is 1. The summed E-state index contributed by atoms with van der Waals surface area (Å²) in [6, 6.07) is 21.7. The molecule has 3 aromatic rings. The number of aliphatic hydroxyl groups is 2. The molecule has 2 bridgehead atoms. The van der Waals surface area contributed by atoms with Gasteiger partial charge in [0.1, 0.15) is 11.5 Å². The molecule has 0 radical (unpaired) electrons. The molecule has 1 saturated carbocycles. The number of carbonyl (C=O) groups is 1. The Labute approximate surface area is 286 Å². The summed E-state index contributed by atoms with van der Waals surface area (Å²) >= 11 is 0. The summed E-state index contributed by atoms with van der Waals surface area (Å²) < 4.78 is 11.0. The fourth-order valence-electron chi connectivity index (χ4n) is 8.50. The van der Waals surface area contributed by atoms with Gasteiger partial charge in [0, 0.05) is 49.3 Å². The van der Waals surface area contributed by atoms with Crippen molar-refractivity contribution in [3.63, 3.8) is 0 Å². The lowest BCUT2D eigenvalue weighted by Gasteiger charge is -2.47. The largest absolute Gasteiger partial charge is 0.497 e. The lowest BCUT2D eigenvalue weighted by molar-refractivity contribution is -0.0841. The van der Waals surface area contributed by atoms with Gasteiger partial charge in [0.2, 0.25) is 0 Å². The number of methoxy groups -OCH3 is 2. The molecule has 4 aliphatic rings. The Kier molecular flexibility index (Phi) is 10.3. The maximum Gasteiger partial charge on any atom is 0.193 e. The predicted molar refractivity (Wildman–Crippen MR) is 191 cm³/mol. The highest BCUT2D eigenvalue weighted by atomic mass is 16.5. The van der Waals surface area contributed by atoms with E-state index in [2.05, 4.69) is 54.0 Å². The van der Waals surface area contributed by atoms with Gasteiger partial charge in [-0.3, -0.25) is 9.69 Å². The SMILES string of the molecule is COc1ccc(C(=O)c2cc3ccc2[C@@H]2CC[C@@](O)(CN4CCN(c5ccccc5OC)CC4)[C@@]2(C)CCC=C(C)CC[C@H](O)C3)cc1. The van der Waals surface area contributed by atoms with Crippen LogP contribution in [0.25, 0.3) is 0 Å². The molecule has 7 heteroatoms. The molecule has 0 aromatic heterocycles. The molecule has 3 aliphatic carbocycles. The molecule has 4 atom stereocenters. The lowest BCUT2D eigenvalue weighted by atomic mass is 9.64. The van der Waals surface area contributed by atoms with Crippen LogP contribution in [0.15, 0.2) is 78.4 Å². The topological polar surface area (TPSA) is 82.5 Å². The number of hydrogen-bond acceptors (Lipinski definition) is 7. The molecule has 1 aliphatic heterocycles. The molecule has 1 saturated heterocycles. The normalized spacial score (nSPS) is 26.8. The van der Waals surface area contributed by atoms with Crippen molar-refractivity contribution < 1.29 is 24.5 Å². The van der Waals surface area contributed by atoms with Crippen molar-refractivity contribution in [3.8, 4) is 11.5 Å². The quantitative estimate of drug-likeness (QED) is 0.215. The minimum Gasteiger partial charge on any atom is -0.497 e. The van der Waals surface area contributed by atoms with E-state index in [-0.39, 0.29) is 11.7 Å². The Bertz CT molecular complexity index is 1610. The van der Waals surface area contributed by atoms with Gasteiger partial charge in [-0.05, 0) is 111 Å². The van der Waals surface area contributed by atoms with Crippen molar-refractivity contribution in [2.75, 3.05) is 51.8 Å². The summed E-state index contributed by atoms with van der Waals surface area (Å²) in [4.78, 5) is 19.1. The van der Waals surface area contributed by atoms with E-state index >= 15 is 0 Å². The van der Waals surface area contributed by atoms with Crippen LogP contribution in [0, 0.1) is 5.41 Å². The van der Waals surface area contributed by atoms with E-state index in [9.17, 15) is 15.0 Å². The van der Waals surface area contributed by atoms with Crippen LogP contribution in [-0.4, -0.2) is 79.5 Å². The number of rotatable bonds is 7. The Morgan fingerprint density at radius 1 is 0.938 bits per heavy atom. The molecule has 48 heavy (non-hydrogen) atoms. The summed E-state index contributed by atoms with van der Waals surface area (Å²) in [7, 11) is 3.34. The van der Waals surface area contributed by atoms with Crippen molar-refractivity contribution in [1.29, 1.82) is 0 Å². The number of allylic oxidation sites excluding steroid dienone is 2. The molecule has 1 heterocycles. The first-order valence-electron chi connectivity index (χ1n) is 17.6. The number of carbonyl (C=O) groups excluding carboxylic acids is 1. The van der Waals surface area contributed by atoms with Gasteiger partial charge in [0.25, 0.3) is 0 Å². The van der Waals surface area contributed by atoms with Crippen LogP contribution >= 0.6 is 0 Å². The first-order chi connectivity index (χ1) is 23.1. The van der Waals surface area contributed by atoms with E-state index < -0.39 is 17.1 Å². The van der Waals surface area contributed by atoms with Gasteiger partial charge in [-0.2, -0.15) is 0 Å². The lowest BCUT2D eigenvalue weighted by Crippen LogP contribution is -2.56. The van der Waals surface area contributed by atoms with E-state index in [1.807, 2.05) is 42.5 Å². The number of hydrogen-bond donors (Lipinski definition) is 2. The molecule has 2 fully saturated rings. The minimum absolute atomic E-state index is 0.00480. The third-order valence-corrected chi connectivity index (χ3v) is 11.6. The molecule has 256 valence electrons. The maximum atomic E-state index is 14.3. The summed E-state index contributed by atoms with van der Waals surface area (Å²) in [5.41, 5.74) is 4.28. The van der Waals surface area contributed by atoms with Crippen molar-refractivity contribution in [3.05, 3.63) is 101 Å². The van der Waals surface area contributed by atoms with Crippen molar-refractivity contribution in [2.45, 2.75) is 76.4 Å². The van der Waals surface area contributed by atoms with Crippen LogP contribution in [0.5, 0.6) is 11.5 Å². The highest BCUT2D eigenvalue weighted by Crippen LogP contribution is 2.59. The second kappa shape index (κ2) is 14.5. The number of anilines is 1. The number of para-hydroxylation sites is 2. The zero-order chi connectivity index (χ0) is 33.9. The Morgan fingerprint density at radius 3 is 2.42 bits per heavy atom. The number of ether oxygens (including phenoxy) is 2. The molecule has 7 rings (SSSR count). The zero-order valence-electron chi connectivity index (χ0n) is 29.1. The monoisotopic (exact) mass is 652 g/mol. The Hall–Kier alpha value is -3.65. The number of piperazine rings is 1. The summed E-state index contributed by atoms with van der Waals surface area (Å²) in [6.07, 6.45) is 6.98. The van der Waals surface area contributed by atoms with Crippen LogP contribution < -0.4 is 14.4 Å². The van der Waals surface area contributed by atoms with E-state index in [1.165, 1.54) is 5.57 Å². The van der Waals surface area contributed by atoms with Crippen LogP contribution in [0.1, 0.15) is 85.3 Å². The number of nitrogens with zero attached hydrogens (tertiary/aromatic N) is 2. The van der Waals surface area contributed by atoms with Crippen LogP contribution in [0.3, 0.4) is 0 Å². The number of benzene rings is 3. The number of ketones is 1. The Morgan fingerprint density at radius 2 is 1.69 bits per heavy atom. The first kappa shape index (κ1) is 34.2.